The molecule has 0 aliphatic carbocycles. The van der Waals surface area contributed by atoms with Gasteiger partial charge in [0.25, 0.3) is 0 Å². The highest BCUT2D eigenvalue weighted by atomic mass is 35.5. The molecule has 0 aliphatic heterocycles. The number of nitrogens with two attached hydrogens (primary N) is 2. The Balaban J connectivity index is 2.20. The number of ether oxygens (including phenoxy) is 1. The summed E-state index contributed by atoms with van der Waals surface area (Å²) in [6, 6.07) is 10.3. The summed E-state index contributed by atoms with van der Waals surface area (Å²) in [7, 11) is 0. The lowest BCUT2D eigenvalue weighted by molar-refractivity contribution is 0.464. The van der Waals surface area contributed by atoms with E-state index >= 15 is 0 Å². The average molecular weight is 236 g/mol. The van der Waals surface area contributed by atoms with Crippen LogP contribution in [0.5, 0.6) is 11.6 Å². The largest absolute Gasteiger partial charge is 0.439 e. The van der Waals surface area contributed by atoms with E-state index in [4.69, 9.17) is 27.8 Å². The van der Waals surface area contributed by atoms with Crippen LogP contribution in [0.25, 0.3) is 0 Å². The lowest BCUT2D eigenvalue weighted by atomic mass is 10.3. The van der Waals surface area contributed by atoms with Gasteiger partial charge < -0.3 is 16.2 Å². The molecular weight excluding hydrogens is 226 g/mol. The fourth-order valence-corrected chi connectivity index (χ4v) is 1.27. The Hall–Kier alpha value is -1.94. The second-order valence-electron chi connectivity index (χ2n) is 3.18. The van der Waals surface area contributed by atoms with Crippen LogP contribution in [0.4, 0.5) is 11.5 Å². The zero-order chi connectivity index (χ0) is 11.5. The molecule has 0 spiro atoms. The highest BCUT2D eigenvalue weighted by molar-refractivity contribution is 6.30. The van der Waals surface area contributed by atoms with Gasteiger partial charge in [0.1, 0.15) is 5.75 Å². The maximum atomic E-state index is 5.75. The molecule has 0 saturated carbocycles. The van der Waals surface area contributed by atoms with Gasteiger partial charge in [-0.05, 0) is 30.3 Å². The van der Waals surface area contributed by atoms with Crippen molar-refractivity contribution in [3.8, 4) is 11.6 Å². The average Bonchev–Trinajstić information content (AvgIpc) is 2.27. The molecule has 4 N–H and O–H groups in total. The Morgan fingerprint density at radius 2 is 1.69 bits per heavy atom. The van der Waals surface area contributed by atoms with E-state index in [9.17, 15) is 0 Å². The summed E-state index contributed by atoms with van der Waals surface area (Å²) < 4.78 is 5.46. The summed E-state index contributed by atoms with van der Waals surface area (Å²) in [6.07, 6.45) is 0. The first-order valence-corrected chi connectivity index (χ1v) is 4.98. The lowest BCUT2D eigenvalue weighted by Crippen LogP contribution is -1.98. The Kier molecular flexibility index (Phi) is 2.83. The van der Waals surface area contributed by atoms with Gasteiger partial charge in [0.15, 0.2) is 5.82 Å². The number of halogens is 1. The molecule has 0 aliphatic rings. The number of hydrogen-bond donors (Lipinski definition) is 2. The maximum Gasteiger partial charge on any atom is 0.221 e. The molecule has 1 aromatic heterocycles. The number of anilines is 2. The van der Waals surface area contributed by atoms with Crippen molar-refractivity contribution in [1.29, 1.82) is 0 Å². The van der Waals surface area contributed by atoms with E-state index in [-0.39, 0.29) is 5.82 Å². The first-order valence-electron chi connectivity index (χ1n) is 4.60. The molecule has 82 valence electrons. The summed E-state index contributed by atoms with van der Waals surface area (Å²) in [6.45, 7) is 0. The summed E-state index contributed by atoms with van der Waals surface area (Å²) in [5, 5.41) is 0.650. The summed E-state index contributed by atoms with van der Waals surface area (Å²) in [4.78, 5) is 3.99. The fraction of sp³-hybridized carbons (Fsp3) is 0. The maximum absolute atomic E-state index is 5.75. The summed E-state index contributed by atoms with van der Waals surface area (Å²) in [5.74, 6) is 1.29. The molecule has 4 nitrogen and oxygen atoms in total. The van der Waals surface area contributed by atoms with Gasteiger partial charge in [-0.1, -0.05) is 11.6 Å². The number of rotatable bonds is 2. The molecule has 0 unspecified atom stereocenters. The molecule has 1 heterocycles. The van der Waals surface area contributed by atoms with E-state index in [1.807, 2.05) is 0 Å². The summed E-state index contributed by atoms with van der Waals surface area (Å²) in [5.41, 5.74) is 11.5. The van der Waals surface area contributed by atoms with Crippen molar-refractivity contribution in [3.63, 3.8) is 0 Å². The van der Waals surface area contributed by atoms with E-state index < -0.39 is 0 Å². The first-order chi connectivity index (χ1) is 7.65. The van der Waals surface area contributed by atoms with E-state index in [1.54, 1.807) is 36.4 Å². The smallest absolute Gasteiger partial charge is 0.221 e. The Bertz CT molecular complexity index is 499. The molecule has 5 heteroatoms. The lowest BCUT2D eigenvalue weighted by Gasteiger charge is -2.06. The predicted octanol–water partition coefficient (Wildman–Crippen LogP) is 2.69. The van der Waals surface area contributed by atoms with Crippen molar-refractivity contribution in [2.45, 2.75) is 0 Å². The van der Waals surface area contributed by atoms with Crippen LogP contribution < -0.4 is 16.2 Å². The van der Waals surface area contributed by atoms with Crippen LogP contribution in [0.3, 0.4) is 0 Å². The number of nitrogens with zero attached hydrogens (tertiary/aromatic N) is 1. The van der Waals surface area contributed by atoms with Gasteiger partial charge in [-0.15, -0.1) is 0 Å². The van der Waals surface area contributed by atoms with Gasteiger partial charge in [0.2, 0.25) is 5.88 Å². The van der Waals surface area contributed by atoms with Crippen molar-refractivity contribution >= 4 is 23.1 Å². The van der Waals surface area contributed by atoms with E-state index in [2.05, 4.69) is 4.98 Å². The van der Waals surface area contributed by atoms with Gasteiger partial charge in [-0.2, -0.15) is 4.98 Å². The third kappa shape index (κ3) is 2.35. The molecule has 0 atom stereocenters. The predicted molar refractivity (Wildman–Crippen MR) is 64.6 cm³/mol. The second kappa shape index (κ2) is 4.28. The third-order valence-electron chi connectivity index (χ3n) is 1.97. The number of benzene rings is 1. The molecule has 0 amide bonds. The molecule has 16 heavy (non-hydrogen) atoms. The topological polar surface area (TPSA) is 74.2 Å². The van der Waals surface area contributed by atoms with Crippen molar-refractivity contribution in [2.75, 3.05) is 11.5 Å². The molecule has 2 rings (SSSR count). The SMILES string of the molecule is Nc1ccc(Oc2ccc(Cl)cc2)nc1N. The zero-order valence-electron chi connectivity index (χ0n) is 8.35. The van der Waals surface area contributed by atoms with Crippen LogP contribution in [0.2, 0.25) is 5.02 Å². The molecule has 0 radical (unpaired) electrons. The van der Waals surface area contributed by atoms with Gasteiger partial charge in [-0.3, -0.25) is 0 Å². The molecular formula is C11H10ClN3O. The highest BCUT2D eigenvalue weighted by Crippen LogP contribution is 2.23. The van der Waals surface area contributed by atoms with Gasteiger partial charge in [0, 0.05) is 11.1 Å². The molecule has 2 aromatic rings. The Morgan fingerprint density at radius 3 is 2.31 bits per heavy atom. The minimum Gasteiger partial charge on any atom is -0.439 e. The zero-order valence-corrected chi connectivity index (χ0v) is 9.11. The fourth-order valence-electron chi connectivity index (χ4n) is 1.15. The number of pyridine rings is 1. The first kappa shape index (κ1) is 10.6. The number of aromatic nitrogens is 1. The Morgan fingerprint density at radius 1 is 1.00 bits per heavy atom. The quantitative estimate of drug-likeness (QED) is 0.839. The molecule has 0 saturated heterocycles. The molecule has 0 fully saturated rings. The molecule has 0 bridgehead atoms. The standard InChI is InChI=1S/C11H10ClN3O/c12-7-1-3-8(4-2-7)16-10-6-5-9(13)11(14)15-10/h1-6H,13H2,(H2,14,15). The van der Waals surface area contributed by atoms with Crippen LogP contribution in [0.1, 0.15) is 0 Å². The van der Waals surface area contributed by atoms with Crippen molar-refractivity contribution < 1.29 is 4.74 Å². The van der Waals surface area contributed by atoms with Crippen LogP contribution in [0.15, 0.2) is 36.4 Å². The number of nitrogen functional groups attached to an aromatic ring is 2. The minimum atomic E-state index is 0.256. The van der Waals surface area contributed by atoms with Crippen LogP contribution in [-0.2, 0) is 0 Å². The van der Waals surface area contributed by atoms with Gasteiger partial charge >= 0.3 is 0 Å². The van der Waals surface area contributed by atoms with Crippen molar-refractivity contribution in [2.24, 2.45) is 0 Å². The number of hydrogen-bond acceptors (Lipinski definition) is 4. The summed E-state index contributed by atoms with van der Waals surface area (Å²) >= 11 is 5.75. The van der Waals surface area contributed by atoms with Crippen molar-refractivity contribution in [3.05, 3.63) is 41.4 Å². The monoisotopic (exact) mass is 235 g/mol. The minimum absolute atomic E-state index is 0.256. The van der Waals surface area contributed by atoms with Crippen LogP contribution in [0, 0.1) is 0 Å². The van der Waals surface area contributed by atoms with Crippen molar-refractivity contribution in [1.82, 2.24) is 4.98 Å². The molecule has 1 aromatic carbocycles. The van der Waals surface area contributed by atoms with Crippen LogP contribution in [-0.4, -0.2) is 4.98 Å². The van der Waals surface area contributed by atoms with Gasteiger partial charge in [0.05, 0.1) is 5.69 Å². The Labute approximate surface area is 97.8 Å². The van der Waals surface area contributed by atoms with Crippen LogP contribution >= 0.6 is 11.6 Å². The second-order valence-corrected chi connectivity index (χ2v) is 3.62. The third-order valence-corrected chi connectivity index (χ3v) is 2.22. The van der Waals surface area contributed by atoms with E-state index in [0.29, 0.717) is 22.3 Å². The highest BCUT2D eigenvalue weighted by Gasteiger charge is 2.01. The van der Waals surface area contributed by atoms with Gasteiger partial charge in [-0.25, -0.2) is 0 Å². The van der Waals surface area contributed by atoms with E-state index in [1.165, 1.54) is 0 Å². The normalized spacial score (nSPS) is 10.1. The van der Waals surface area contributed by atoms with E-state index in [0.717, 1.165) is 0 Å².